The molecule has 1 aromatic heterocycles. The Balaban J connectivity index is 3.42. The molecule has 0 aliphatic rings. The number of hydrogen-bond acceptors (Lipinski definition) is 2. The van der Waals surface area contributed by atoms with E-state index >= 15 is 0 Å². The fourth-order valence-corrected chi connectivity index (χ4v) is 2.35. The van der Waals surface area contributed by atoms with Gasteiger partial charge in [0.25, 0.3) is 5.56 Å². The van der Waals surface area contributed by atoms with Crippen LogP contribution in [-0.2, 0) is 17.2 Å². The van der Waals surface area contributed by atoms with Gasteiger partial charge in [-0.25, -0.2) is 0 Å². The van der Waals surface area contributed by atoms with Crippen molar-refractivity contribution in [3.8, 4) is 0 Å². The van der Waals surface area contributed by atoms with Gasteiger partial charge in [0.2, 0.25) is 0 Å². The van der Waals surface area contributed by atoms with Crippen LogP contribution in [0.5, 0.6) is 0 Å². The second-order valence-corrected chi connectivity index (χ2v) is 4.80. The Morgan fingerprint density at radius 2 is 2.23 bits per heavy atom. The molecule has 0 amide bonds. The SMILES string of the molecule is CCc1[nH]c(=O)c(Br)cc1S(C)=O. The third-order valence-corrected chi connectivity index (χ3v) is 3.27. The van der Waals surface area contributed by atoms with Gasteiger partial charge in [0.1, 0.15) is 0 Å². The molecular weight excluding hydrogens is 254 g/mol. The van der Waals surface area contributed by atoms with Gasteiger partial charge in [-0.15, -0.1) is 0 Å². The minimum absolute atomic E-state index is 0.175. The van der Waals surface area contributed by atoms with Crippen molar-refractivity contribution in [3.63, 3.8) is 0 Å². The van der Waals surface area contributed by atoms with Crippen molar-refractivity contribution in [2.75, 3.05) is 6.26 Å². The van der Waals surface area contributed by atoms with Crippen molar-refractivity contribution in [3.05, 3.63) is 26.6 Å². The highest BCUT2D eigenvalue weighted by atomic mass is 79.9. The van der Waals surface area contributed by atoms with Crippen LogP contribution in [0.25, 0.3) is 0 Å². The van der Waals surface area contributed by atoms with E-state index in [2.05, 4.69) is 20.9 Å². The van der Waals surface area contributed by atoms with Gasteiger partial charge in [-0.05, 0) is 28.4 Å². The molecule has 1 atom stereocenters. The van der Waals surface area contributed by atoms with E-state index in [4.69, 9.17) is 0 Å². The van der Waals surface area contributed by atoms with Gasteiger partial charge in [0.15, 0.2) is 0 Å². The lowest BCUT2D eigenvalue weighted by Gasteiger charge is -2.04. The number of rotatable bonds is 2. The van der Waals surface area contributed by atoms with E-state index in [0.717, 1.165) is 5.69 Å². The summed E-state index contributed by atoms with van der Waals surface area (Å²) < 4.78 is 11.7. The van der Waals surface area contributed by atoms with Crippen LogP contribution in [0.3, 0.4) is 0 Å². The number of hydrogen-bond donors (Lipinski definition) is 1. The van der Waals surface area contributed by atoms with E-state index < -0.39 is 10.8 Å². The van der Waals surface area contributed by atoms with Gasteiger partial charge in [0.05, 0.1) is 20.2 Å². The topological polar surface area (TPSA) is 49.9 Å². The summed E-state index contributed by atoms with van der Waals surface area (Å²) in [4.78, 5) is 14.5. The molecule has 1 rings (SSSR count). The average Bonchev–Trinajstić information content (AvgIpc) is 2.08. The van der Waals surface area contributed by atoms with Gasteiger partial charge in [0, 0.05) is 11.9 Å². The molecule has 72 valence electrons. The molecule has 0 spiro atoms. The van der Waals surface area contributed by atoms with E-state index in [9.17, 15) is 9.00 Å². The Hall–Kier alpha value is -0.420. The van der Waals surface area contributed by atoms with Crippen molar-refractivity contribution in [2.24, 2.45) is 0 Å². The number of nitrogens with one attached hydrogen (secondary N) is 1. The zero-order valence-corrected chi connectivity index (χ0v) is 9.79. The quantitative estimate of drug-likeness (QED) is 0.878. The van der Waals surface area contributed by atoms with E-state index in [-0.39, 0.29) is 5.56 Å². The molecule has 0 saturated carbocycles. The first-order valence-corrected chi connectivity index (χ1v) is 6.16. The summed E-state index contributed by atoms with van der Waals surface area (Å²) in [5, 5.41) is 0. The molecular formula is C8H10BrNO2S. The smallest absolute Gasteiger partial charge is 0.262 e. The monoisotopic (exact) mass is 263 g/mol. The number of pyridine rings is 1. The second-order valence-electron chi connectivity index (χ2n) is 2.60. The van der Waals surface area contributed by atoms with Crippen LogP contribution in [0.15, 0.2) is 20.2 Å². The summed E-state index contributed by atoms with van der Waals surface area (Å²) >= 11 is 3.10. The summed E-state index contributed by atoms with van der Waals surface area (Å²) in [5.74, 6) is 0. The molecule has 0 aliphatic heterocycles. The third kappa shape index (κ3) is 2.28. The predicted octanol–water partition coefficient (Wildman–Crippen LogP) is 1.44. The second kappa shape index (κ2) is 4.19. The summed E-state index contributed by atoms with van der Waals surface area (Å²) in [5.41, 5.74) is 0.570. The lowest BCUT2D eigenvalue weighted by molar-refractivity contribution is 0.685. The van der Waals surface area contributed by atoms with E-state index in [0.29, 0.717) is 15.8 Å². The number of aromatic nitrogens is 1. The summed E-state index contributed by atoms with van der Waals surface area (Å²) in [6, 6.07) is 1.62. The summed E-state index contributed by atoms with van der Waals surface area (Å²) in [6.45, 7) is 1.91. The molecule has 1 N–H and O–H groups in total. The highest BCUT2D eigenvalue weighted by molar-refractivity contribution is 9.10. The van der Waals surface area contributed by atoms with Gasteiger partial charge in [-0.2, -0.15) is 0 Å². The first-order chi connectivity index (χ1) is 6.06. The van der Waals surface area contributed by atoms with Crippen molar-refractivity contribution in [2.45, 2.75) is 18.2 Å². The maximum atomic E-state index is 11.3. The van der Waals surface area contributed by atoms with Crippen molar-refractivity contribution < 1.29 is 4.21 Å². The molecule has 0 radical (unpaired) electrons. The minimum Gasteiger partial charge on any atom is -0.324 e. The molecule has 1 unspecified atom stereocenters. The fourth-order valence-electron chi connectivity index (χ4n) is 1.05. The van der Waals surface area contributed by atoms with Gasteiger partial charge >= 0.3 is 0 Å². The zero-order chi connectivity index (χ0) is 10.0. The molecule has 5 heteroatoms. The van der Waals surface area contributed by atoms with Crippen molar-refractivity contribution in [1.82, 2.24) is 4.98 Å². The van der Waals surface area contributed by atoms with E-state index in [1.165, 1.54) is 0 Å². The lowest BCUT2D eigenvalue weighted by atomic mass is 10.3. The Bertz CT molecular complexity index is 400. The summed E-state index contributed by atoms with van der Waals surface area (Å²) in [6.07, 6.45) is 2.27. The Morgan fingerprint density at radius 3 is 2.69 bits per heavy atom. The minimum atomic E-state index is -1.06. The molecule has 0 aromatic carbocycles. The fraction of sp³-hybridized carbons (Fsp3) is 0.375. The highest BCUT2D eigenvalue weighted by Gasteiger charge is 2.08. The van der Waals surface area contributed by atoms with Crippen molar-refractivity contribution >= 4 is 26.7 Å². The van der Waals surface area contributed by atoms with Crippen LogP contribution in [0.1, 0.15) is 12.6 Å². The lowest BCUT2D eigenvalue weighted by Crippen LogP contribution is -2.12. The Kier molecular flexibility index (Phi) is 3.44. The van der Waals surface area contributed by atoms with Crippen molar-refractivity contribution in [1.29, 1.82) is 0 Å². The number of aryl methyl sites for hydroxylation is 1. The van der Waals surface area contributed by atoms with E-state index in [1.54, 1.807) is 12.3 Å². The first kappa shape index (κ1) is 10.7. The highest BCUT2D eigenvalue weighted by Crippen LogP contribution is 2.13. The Morgan fingerprint density at radius 1 is 1.62 bits per heavy atom. The standard InChI is InChI=1S/C8H10BrNO2S/c1-3-6-7(13(2)12)4-5(9)8(11)10-6/h4H,3H2,1-2H3,(H,10,11). The molecule has 3 nitrogen and oxygen atoms in total. The summed E-state index contributed by atoms with van der Waals surface area (Å²) in [7, 11) is -1.06. The van der Waals surface area contributed by atoms with Crippen LogP contribution in [0.2, 0.25) is 0 Å². The number of halogens is 1. The molecule has 0 bridgehead atoms. The third-order valence-electron chi connectivity index (χ3n) is 1.70. The number of aromatic amines is 1. The molecule has 1 heterocycles. The molecule has 0 saturated heterocycles. The predicted molar refractivity (Wildman–Crippen MR) is 56.5 cm³/mol. The van der Waals surface area contributed by atoms with Crippen LogP contribution in [0.4, 0.5) is 0 Å². The van der Waals surface area contributed by atoms with Gasteiger partial charge < -0.3 is 4.98 Å². The normalized spacial score (nSPS) is 12.8. The molecule has 13 heavy (non-hydrogen) atoms. The van der Waals surface area contributed by atoms with Crippen LogP contribution >= 0.6 is 15.9 Å². The van der Waals surface area contributed by atoms with Crippen LogP contribution in [-0.4, -0.2) is 15.4 Å². The Labute approximate surface area is 87.1 Å². The van der Waals surface area contributed by atoms with Gasteiger partial charge in [-0.1, -0.05) is 6.92 Å². The van der Waals surface area contributed by atoms with E-state index in [1.807, 2.05) is 6.92 Å². The maximum Gasteiger partial charge on any atom is 0.262 e. The molecule has 1 aromatic rings. The largest absolute Gasteiger partial charge is 0.324 e. The molecule has 0 aliphatic carbocycles. The van der Waals surface area contributed by atoms with Gasteiger partial charge in [-0.3, -0.25) is 9.00 Å². The number of H-pyrrole nitrogens is 1. The van der Waals surface area contributed by atoms with Crippen LogP contribution in [0, 0.1) is 0 Å². The van der Waals surface area contributed by atoms with Crippen LogP contribution < -0.4 is 5.56 Å². The maximum absolute atomic E-state index is 11.3. The first-order valence-electron chi connectivity index (χ1n) is 3.81. The molecule has 0 fully saturated rings. The zero-order valence-electron chi connectivity index (χ0n) is 7.39. The average molecular weight is 264 g/mol.